The topological polar surface area (TPSA) is 84.2 Å². The fraction of sp³-hybridized carbons (Fsp3) is 0.250. The third-order valence-corrected chi connectivity index (χ3v) is 3.06. The molecule has 0 aliphatic carbocycles. The maximum absolute atomic E-state index is 12.1. The average Bonchev–Trinajstić information content (AvgIpc) is 3.06. The fourth-order valence-electron chi connectivity index (χ4n) is 1.87. The first-order chi connectivity index (χ1) is 11.1. The highest BCUT2D eigenvalue weighted by molar-refractivity contribution is 5.91. The Morgan fingerprint density at radius 3 is 2.22 bits per heavy atom. The Hall–Kier alpha value is -2.96. The molecule has 0 spiro atoms. The number of hydrogen-bond acceptors (Lipinski definition) is 7. The van der Waals surface area contributed by atoms with E-state index in [-0.39, 0.29) is 17.9 Å². The van der Waals surface area contributed by atoms with Crippen LogP contribution in [-0.4, -0.2) is 33.3 Å². The molecule has 7 nitrogen and oxygen atoms in total. The van der Waals surface area contributed by atoms with E-state index in [4.69, 9.17) is 18.6 Å². The van der Waals surface area contributed by atoms with Crippen LogP contribution < -0.4 is 9.47 Å². The van der Waals surface area contributed by atoms with Gasteiger partial charge in [-0.2, -0.15) is 0 Å². The maximum Gasteiger partial charge on any atom is 0.374 e. The minimum Gasteiger partial charge on any atom is -0.497 e. The van der Waals surface area contributed by atoms with E-state index in [1.54, 1.807) is 6.07 Å². The number of furan rings is 1. The first-order valence-corrected chi connectivity index (χ1v) is 6.64. The van der Waals surface area contributed by atoms with E-state index < -0.39 is 11.9 Å². The largest absolute Gasteiger partial charge is 0.497 e. The van der Waals surface area contributed by atoms with E-state index in [1.807, 2.05) is 0 Å². The Morgan fingerprint density at radius 2 is 1.65 bits per heavy atom. The molecular weight excluding hydrogens is 304 g/mol. The molecule has 0 radical (unpaired) electrons. The zero-order valence-corrected chi connectivity index (χ0v) is 13.0. The summed E-state index contributed by atoms with van der Waals surface area (Å²) in [5.74, 6) is -0.281. The average molecular weight is 320 g/mol. The summed E-state index contributed by atoms with van der Waals surface area (Å²) in [6.45, 7) is -0.126. The number of hydrogen-bond donors (Lipinski definition) is 0. The van der Waals surface area contributed by atoms with Crippen LogP contribution >= 0.6 is 0 Å². The van der Waals surface area contributed by atoms with Crippen molar-refractivity contribution >= 4 is 11.9 Å². The van der Waals surface area contributed by atoms with Gasteiger partial charge in [0.1, 0.15) is 18.1 Å². The van der Waals surface area contributed by atoms with Crippen LogP contribution in [0, 0.1) is 0 Å². The molecule has 0 saturated carbocycles. The molecule has 2 aromatic rings. The Balaban J connectivity index is 2.11. The van der Waals surface area contributed by atoms with Crippen LogP contribution in [0.1, 0.15) is 26.5 Å². The molecule has 0 aliphatic heterocycles. The normalized spacial score (nSPS) is 10.0. The molecule has 1 heterocycles. The Morgan fingerprint density at radius 1 is 1.00 bits per heavy atom. The lowest BCUT2D eigenvalue weighted by atomic mass is 10.2. The highest BCUT2D eigenvalue weighted by Crippen LogP contribution is 2.23. The second-order valence-corrected chi connectivity index (χ2v) is 4.44. The molecule has 7 heteroatoms. The molecule has 0 atom stereocenters. The zero-order valence-electron chi connectivity index (χ0n) is 13.0. The van der Waals surface area contributed by atoms with Gasteiger partial charge in [0.05, 0.1) is 33.2 Å². The van der Waals surface area contributed by atoms with E-state index in [1.165, 1.54) is 45.8 Å². The standard InChI is InChI=1S/C16H16O7/c1-19-12-6-11(7-13(8-12)20-2)15(17)23-9-10-4-5-22-14(10)16(18)21-3/h4-8H,9H2,1-3H3. The van der Waals surface area contributed by atoms with Crippen LogP contribution in [0.2, 0.25) is 0 Å². The van der Waals surface area contributed by atoms with Crippen LogP contribution in [0.5, 0.6) is 11.5 Å². The van der Waals surface area contributed by atoms with Crippen LogP contribution in [0.25, 0.3) is 0 Å². The summed E-state index contributed by atoms with van der Waals surface area (Å²) in [7, 11) is 4.21. The van der Waals surface area contributed by atoms with Gasteiger partial charge in [-0.25, -0.2) is 9.59 Å². The van der Waals surface area contributed by atoms with Crippen LogP contribution in [-0.2, 0) is 16.1 Å². The third kappa shape index (κ3) is 3.82. The van der Waals surface area contributed by atoms with Gasteiger partial charge in [0.25, 0.3) is 0 Å². The van der Waals surface area contributed by atoms with Gasteiger partial charge in [-0.05, 0) is 18.2 Å². The van der Waals surface area contributed by atoms with Crippen LogP contribution in [0.4, 0.5) is 0 Å². The van der Waals surface area contributed by atoms with E-state index in [0.717, 1.165) is 0 Å². The van der Waals surface area contributed by atoms with Crippen molar-refractivity contribution in [2.24, 2.45) is 0 Å². The summed E-state index contributed by atoms with van der Waals surface area (Å²) in [6, 6.07) is 6.23. The Labute approximate surface area is 132 Å². The van der Waals surface area contributed by atoms with Crippen molar-refractivity contribution in [1.82, 2.24) is 0 Å². The molecule has 1 aromatic carbocycles. The highest BCUT2D eigenvalue weighted by atomic mass is 16.5. The van der Waals surface area contributed by atoms with Gasteiger partial charge in [0.15, 0.2) is 0 Å². The van der Waals surface area contributed by atoms with E-state index in [2.05, 4.69) is 4.74 Å². The van der Waals surface area contributed by atoms with E-state index in [0.29, 0.717) is 17.1 Å². The van der Waals surface area contributed by atoms with Crippen molar-refractivity contribution in [3.63, 3.8) is 0 Å². The predicted molar refractivity (Wildman–Crippen MR) is 78.7 cm³/mol. The van der Waals surface area contributed by atoms with Crippen molar-refractivity contribution in [3.05, 3.63) is 47.4 Å². The van der Waals surface area contributed by atoms with Gasteiger partial charge in [-0.1, -0.05) is 0 Å². The highest BCUT2D eigenvalue weighted by Gasteiger charge is 2.18. The van der Waals surface area contributed by atoms with Crippen molar-refractivity contribution in [2.75, 3.05) is 21.3 Å². The van der Waals surface area contributed by atoms with Gasteiger partial charge in [-0.15, -0.1) is 0 Å². The number of methoxy groups -OCH3 is 3. The molecule has 2 rings (SSSR count). The molecule has 23 heavy (non-hydrogen) atoms. The Bertz CT molecular complexity index is 680. The number of carbonyl (C=O) groups is 2. The first kappa shape index (κ1) is 16.4. The van der Waals surface area contributed by atoms with E-state index in [9.17, 15) is 9.59 Å². The lowest BCUT2D eigenvalue weighted by Crippen LogP contribution is -2.09. The summed E-state index contributed by atoms with van der Waals surface area (Å²) >= 11 is 0. The molecule has 0 bridgehead atoms. The molecule has 0 saturated heterocycles. The molecular formula is C16H16O7. The number of benzene rings is 1. The number of esters is 2. The minimum atomic E-state index is -0.635. The molecule has 0 fully saturated rings. The summed E-state index contributed by atoms with van der Waals surface area (Å²) in [4.78, 5) is 23.6. The van der Waals surface area contributed by atoms with Gasteiger partial charge in [-0.3, -0.25) is 0 Å². The lowest BCUT2D eigenvalue weighted by molar-refractivity contribution is 0.0453. The quantitative estimate of drug-likeness (QED) is 0.756. The van der Waals surface area contributed by atoms with Gasteiger partial charge in [0, 0.05) is 11.6 Å². The van der Waals surface area contributed by atoms with Crippen LogP contribution in [0.15, 0.2) is 34.9 Å². The minimum absolute atomic E-state index is 0.00326. The monoisotopic (exact) mass is 320 g/mol. The van der Waals surface area contributed by atoms with Crippen LogP contribution in [0.3, 0.4) is 0 Å². The van der Waals surface area contributed by atoms with Crippen molar-refractivity contribution in [2.45, 2.75) is 6.61 Å². The molecule has 122 valence electrons. The summed E-state index contributed by atoms with van der Waals surface area (Å²) < 4.78 is 25.0. The molecule has 0 N–H and O–H groups in total. The zero-order chi connectivity index (χ0) is 16.8. The number of carbonyl (C=O) groups excluding carboxylic acids is 2. The molecule has 0 unspecified atom stereocenters. The molecule has 1 aromatic heterocycles. The molecule has 0 aliphatic rings. The van der Waals surface area contributed by atoms with Gasteiger partial charge < -0.3 is 23.4 Å². The number of ether oxygens (including phenoxy) is 4. The van der Waals surface area contributed by atoms with Crippen molar-refractivity contribution < 1.29 is 33.0 Å². The van der Waals surface area contributed by atoms with Gasteiger partial charge >= 0.3 is 11.9 Å². The SMILES string of the molecule is COC(=O)c1occc1COC(=O)c1cc(OC)cc(OC)c1. The first-order valence-electron chi connectivity index (χ1n) is 6.64. The lowest BCUT2D eigenvalue weighted by Gasteiger charge is -2.08. The third-order valence-electron chi connectivity index (χ3n) is 3.06. The van der Waals surface area contributed by atoms with Crippen molar-refractivity contribution in [3.8, 4) is 11.5 Å². The fourth-order valence-corrected chi connectivity index (χ4v) is 1.87. The summed E-state index contributed by atoms with van der Waals surface area (Å²) in [6.07, 6.45) is 1.32. The summed E-state index contributed by atoms with van der Waals surface area (Å²) in [5.41, 5.74) is 0.685. The van der Waals surface area contributed by atoms with E-state index >= 15 is 0 Å². The maximum atomic E-state index is 12.1. The second-order valence-electron chi connectivity index (χ2n) is 4.44. The predicted octanol–water partition coefficient (Wildman–Crippen LogP) is 2.44. The van der Waals surface area contributed by atoms with Gasteiger partial charge in [0.2, 0.25) is 5.76 Å². The second kappa shape index (κ2) is 7.35. The molecule has 0 amide bonds. The smallest absolute Gasteiger partial charge is 0.374 e. The Kier molecular flexibility index (Phi) is 5.24. The van der Waals surface area contributed by atoms with Crippen molar-refractivity contribution in [1.29, 1.82) is 0 Å². The summed E-state index contributed by atoms with van der Waals surface area (Å²) in [5, 5.41) is 0. The number of rotatable bonds is 6.